The molecule has 11 rings (SSSR count). The number of fused-ring (bicyclic) bond motifs is 9. The lowest BCUT2D eigenvalue weighted by atomic mass is 9.63. The van der Waals surface area contributed by atoms with Gasteiger partial charge in [0, 0.05) is 58.7 Å². The fraction of sp³-hybridized carbons (Fsp3) is 0.157. The van der Waals surface area contributed by atoms with E-state index in [1.165, 1.54) is 70.3 Å². The zero-order chi connectivity index (χ0) is 37.8. The van der Waals surface area contributed by atoms with Gasteiger partial charge in [0.15, 0.2) is 17.5 Å². The van der Waals surface area contributed by atoms with Crippen LogP contribution < -0.4 is 0 Å². The fourth-order valence-corrected chi connectivity index (χ4v) is 10.4. The Kier molecular flexibility index (Phi) is 7.21. The van der Waals surface area contributed by atoms with Crippen molar-refractivity contribution >= 4 is 64.1 Å². The zero-order valence-electron chi connectivity index (χ0n) is 32.0. The van der Waals surface area contributed by atoms with E-state index in [1.54, 1.807) is 11.3 Å². The van der Waals surface area contributed by atoms with Gasteiger partial charge < -0.3 is 4.57 Å². The first-order chi connectivity index (χ1) is 27.2. The van der Waals surface area contributed by atoms with E-state index >= 15 is 0 Å². The van der Waals surface area contributed by atoms with Gasteiger partial charge in [0.25, 0.3) is 0 Å². The number of rotatable bonds is 4. The Morgan fingerprint density at radius 3 is 1.96 bits per heavy atom. The maximum atomic E-state index is 5.28. The lowest BCUT2D eigenvalue weighted by molar-refractivity contribution is 0.332. The molecular formula is C51H40N4S. The second-order valence-corrected chi connectivity index (χ2v) is 17.8. The molecule has 0 bridgehead atoms. The highest BCUT2D eigenvalue weighted by atomic mass is 32.1. The van der Waals surface area contributed by atoms with Crippen LogP contribution in [0.1, 0.15) is 51.7 Å². The Morgan fingerprint density at radius 1 is 0.500 bits per heavy atom. The summed E-state index contributed by atoms with van der Waals surface area (Å²) in [5.41, 5.74) is 9.59. The summed E-state index contributed by atoms with van der Waals surface area (Å²) in [6, 6.07) is 52.5. The maximum Gasteiger partial charge on any atom is 0.165 e. The first-order valence-electron chi connectivity index (χ1n) is 19.6. The molecule has 0 radical (unpaired) electrons. The van der Waals surface area contributed by atoms with Crippen molar-refractivity contribution in [1.82, 2.24) is 19.5 Å². The number of aromatic nitrogens is 4. The Bertz CT molecular complexity index is 3200. The van der Waals surface area contributed by atoms with Crippen LogP contribution in [0.15, 0.2) is 146 Å². The second kappa shape index (κ2) is 12.2. The van der Waals surface area contributed by atoms with Gasteiger partial charge in [0.05, 0.1) is 11.0 Å². The quantitative estimate of drug-likeness (QED) is 0.180. The van der Waals surface area contributed by atoms with Gasteiger partial charge in [-0.25, -0.2) is 15.0 Å². The highest BCUT2D eigenvalue weighted by Crippen LogP contribution is 2.49. The third-order valence-electron chi connectivity index (χ3n) is 12.3. The van der Waals surface area contributed by atoms with Crippen LogP contribution >= 0.6 is 11.3 Å². The molecular weight excluding hydrogens is 701 g/mol. The predicted molar refractivity (Wildman–Crippen MR) is 236 cm³/mol. The van der Waals surface area contributed by atoms with Crippen molar-refractivity contribution in [1.29, 1.82) is 0 Å². The van der Waals surface area contributed by atoms with Crippen molar-refractivity contribution in [2.24, 2.45) is 0 Å². The van der Waals surface area contributed by atoms with E-state index in [0.717, 1.165) is 28.8 Å². The predicted octanol–water partition coefficient (Wildman–Crippen LogP) is 13.8. The fourth-order valence-electron chi connectivity index (χ4n) is 9.15. The highest BCUT2D eigenvalue weighted by Gasteiger charge is 2.38. The molecule has 0 saturated heterocycles. The average molecular weight is 741 g/mol. The van der Waals surface area contributed by atoms with E-state index in [0.29, 0.717) is 17.5 Å². The van der Waals surface area contributed by atoms with E-state index in [2.05, 4.69) is 160 Å². The molecule has 0 atom stereocenters. The molecule has 0 fully saturated rings. The third-order valence-corrected chi connectivity index (χ3v) is 13.5. The van der Waals surface area contributed by atoms with Gasteiger partial charge in [0.1, 0.15) is 0 Å². The summed E-state index contributed by atoms with van der Waals surface area (Å²) in [4.78, 5) is 15.6. The van der Waals surface area contributed by atoms with Crippen LogP contribution in [-0.4, -0.2) is 19.5 Å². The van der Waals surface area contributed by atoms with Gasteiger partial charge in [-0.3, -0.25) is 0 Å². The summed E-state index contributed by atoms with van der Waals surface area (Å²) in [6.07, 6.45) is 2.34. The van der Waals surface area contributed by atoms with Crippen LogP contribution in [-0.2, 0) is 10.8 Å². The monoisotopic (exact) mass is 740 g/mol. The first kappa shape index (κ1) is 33.2. The normalized spacial score (nSPS) is 14.9. The van der Waals surface area contributed by atoms with Crippen molar-refractivity contribution < 1.29 is 0 Å². The van der Waals surface area contributed by atoms with Crippen LogP contribution in [0, 0.1) is 0 Å². The second-order valence-electron chi connectivity index (χ2n) is 16.7. The number of hydrogen-bond acceptors (Lipinski definition) is 4. The molecule has 7 aromatic carbocycles. The lowest BCUT2D eigenvalue weighted by Crippen LogP contribution is -2.33. The Hall–Kier alpha value is -6.17. The SMILES string of the molecule is CC1(C)CCC(C)(C)c2cc3c(cc21)c1ccc2ccccc2c1n3-c1cccc(-c2nc(-c3ccccc3)nc(-c3cccc4c3sc3ccccc34)n2)c1. The van der Waals surface area contributed by atoms with E-state index in [9.17, 15) is 0 Å². The van der Waals surface area contributed by atoms with Crippen LogP contribution in [0.3, 0.4) is 0 Å². The summed E-state index contributed by atoms with van der Waals surface area (Å²) in [5, 5.41) is 7.53. The molecule has 1 aliphatic rings. The molecule has 10 aromatic rings. The van der Waals surface area contributed by atoms with Crippen LogP contribution in [0.2, 0.25) is 0 Å². The maximum absolute atomic E-state index is 5.28. The topological polar surface area (TPSA) is 43.6 Å². The number of hydrogen-bond donors (Lipinski definition) is 0. The summed E-state index contributed by atoms with van der Waals surface area (Å²) >= 11 is 1.80. The van der Waals surface area contributed by atoms with Gasteiger partial charge >= 0.3 is 0 Å². The van der Waals surface area contributed by atoms with Crippen molar-refractivity contribution in [3.05, 3.63) is 157 Å². The average Bonchev–Trinajstić information content (AvgIpc) is 3.78. The van der Waals surface area contributed by atoms with Crippen LogP contribution in [0.25, 0.3) is 92.6 Å². The van der Waals surface area contributed by atoms with Gasteiger partial charge in [-0.2, -0.15) is 0 Å². The van der Waals surface area contributed by atoms with Crippen LogP contribution in [0.5, 0.6) is 0 Å². The van der Waals surface area contributed by atoms with E-state index in [4.69, 9.17) is 15.0 Å². The summed E-state index contributed by atoms with van der Waals surface area (Å²) in [5.74, 6) is 1.99. The van der Waals surface area contributed by atoms with Gasteiger partial charge in [-0.1, -0.05) is 137 Å². The molecule has 1 aliphatic carbocycles. The van der Waals surface area contributed by atoms with Gasteiger partial charge in [-0.05, 0) is 76.6 Å². The molecule has 0 spiro atoms. The minimum Gasteiger partial charge on any atom is -0.309 e. The Balaban J connectivity index is 1.17. The molecule has 0 saturated carbocycles. The standard InChI is InChI=1S/C51H40N4S/c1-50(2)26-27-51(3,4)42-30-43-40(29-41(42)50)37-25-24-31-14-8-9-19-35(31)45(37)55(43)34-18-12-17-33(28-34)48-52-47(32-15-6-5-7-16-32)53-49(54-48)39-22-13-21-38-36-20-10-11-23-44(36)56-46(38)39/h5-25,28-30H,26-27H2,1-4H3. The largest absolute Gasteiger partial charge is 0.309 e. The molecule has 0 amide bonds. The molecule has 270 valence electrons. The van der Waals surface area contributed by atoms with Gasteiger partial charge in [-0.15, -0.1) is 11.3 Å². The van der Waals surface area contributed by atoms with E-state index < -0.39 is 0 Å². The van der Waals surface area contributed by atoms with E-state index in [1.807, 2.05) is 18.2 Å². The summed E-state index contributed by atoms with van der Waals surface area (Å²) < 4.78 is 4.93. The lowest BCUT2D eigenvalue weighted by Gasteiger charge is -2.42. The van der Waals surface area contributed by atoms with Crippen LogP contribution in [0.4, 0.5) is 0 Å². The molecule has 5 heteroatoms. The molecule has 3 aromatic heterocycles. The zero-order valence-corrected chi connectivity index (χ0v) is 32.8. The van der Waals surface area contributed by atoms with Crippen molar-refractivity contribution in [2.45, 2.75) is 51.4 Å². The minimum absolute atomic E-state index is 0.0800. The summed E-state index contributed by atoms with van der Waals surface area (Å²) in [6.45, 7) is 9.66. The first-order valence-corrected chi connectivity index (χ1v) is 20.4. The third kappa shape index (κ3) is 5.07. The van der Waals surface area contributed by atoms with Crippen molar-refractivity contribution in [3.8, 4) is 39.9 Å². The minimum atomic E-state index is 0.0800. The summed E-state index contributed by atoms with van der Waals surface area (Å²) in [7, 11) is 0. The van der Waals surface area contributed by atoms with Crippen molar-refractivity contribution in [2.75, 3.05) is 0 Å². The van der Waals surface area contributed by atoms with E-state index in [-0.39, 0.29) is 10.8 Å². The molecule has 3 heterocycles. The Labute approximate surface area is 330 Å². The Morgan fingerprint density at radius 2 is 1.14 bits per heavy atom. The smallest absolute Gasteiger partial charge is 0.165 e. The van der Waals surface area contributed by atoms with Crippen molar-refractivity contribution in [3.63, 3.8) is 0 Å². The highest BCUT2D eigenvalue weighted by molar-refractivity contribution is 7.26. The molecule has 0 aliphatic heterocycles. The van der Waals surface area contributed by atoms with Gasteiger partial charge in [0.2, 0.25) is 0 Å². The number of nitrogens with zero attached hydrogens (tertiary/aromatic N) is 4. The molecule has 56 heavy (non-hydrogen) atoms. The molecule has 4 nitrogen and oxygen atoms in total. The molecule has 0 N–H and O–H groups in total. The molecule has 0 unspecified atom stereocenters. The number of thiophene rings is 1. The number of benzene rings is 7.